The van der Waals surface area contributed by atoms with Crippen molar-refractivity contribution in [1.29, 1.82) is 0 Å². The summed E-state index contributed by atoms with van der Waals surface area (Å²) in [4.78, 5) is 14.6. The maximum absolute atomic E-state index is 6.05. The van der Waals surface area contributed by atoms with E-state index in [1.807, 2.05) is 12.4 Å². The van der Waals surface area contributed by atoms with Gasteiger partial charge in [-0.25, -0.2) is 9.97 Å². The standard InChI is InChI=1S/C19H21N5/c20-19-15(7-4-9-21-19)12-24-10-8-16-18(23-13-22-16)17(24)11-14-5-2-1-3-6-14/h1-7,9,13,17H,8,10-12H2,(H2,20,21)(H,22,23)/t17-/m1/s1. The molecule has 1 aromatic carbocycles. The fraction of sp³-hybridized carbons (Fsp3) is 0.263. The highest BCUT2D eigenvalue weighted by molar-refractivity contribution is 5.38. The maximum Gasteiger partial charge on any atom is 0.127 e. The van der Waals surface area contributed by atoms with Gasteiger partial charge in [-0.05, 0) is 18.1 Å². The summed E-state index contributed by atoms with van der Waals surface area (Å²) >= 11 is 0. The van der Waals surface area contributed by atoms with Crippen LogP contribution in [0.1, 0.15) is 28.6 Å². The van der Waals surface area contributed by atoms with Crippen LogP contribution in [0.25, 0.3) is 0 Å². The molecule has 0 saturated carbocycles. The molecular weight excluding hydrogens is 298 g/mol. The van der Waals surface area contributed by atoms with E-state index in [2.05, 4.69) is 56.3 Å². The molecule has 0 amide bonds. The van der Waals surface area contributed by atoms with E-state index in [1.165, 1.54) is 11.3 Å². The van der Waals surface area contributed by atoms with Crippen LogP contribution in [0.3, 0.4) is 0 Å². The molecule has 0 bridgehead atoms. The third-order valence-corrected chi connectivity index (χ3v) is 4.73. The highest BCUT2D eigenvalue weighted by Crippen LogP contribution is 2.32. The average Bonchev–Trinajstić information content (AvgIpc) is 3.09. The van der Waals surface area contributed by atoms with E-state index < -0.39 is 0 Å². The molecule has 3 aromatic rings. The smallest absolute Gasteiger partial charge is 0.127 e. The predicted octanol–water partition coefficient (Wildman–Crippen LogP) is 2.73. The Balaban J connectivity index is 1.64. The quantitative estimate of drug-likeness (QED) is 0.776. The number of fused-ring (bicyclic) bond motifs is 1. The molecule has 122 valence electrons. The largest absolute Gasteiger partial charge is 0.383 e. The zero-order valence-electron chi connectivity index (χ0n) is 13.5. The lowest BCUT2D eigenvalue weighted by Crippen LogP contribution is -2.36. The van der Waals surface area contributed by atoms with Crippen LogP contribution in [-0.2, 0) is 19.4 Å². The third kappa shape index (κ3) is 2.90. The SMILES string of the molecule is Nc1ncccc1CN1CCc2[nH]cnc2[C@H]1Cc1ccccc1. The summed E-state index contributed by atoms with van der Waals surface area (Å²) in [7, 11) is 0. The number of benzene rings is 1. The Hall–Kier alpha value is -2.66. The van der Waals surface area contributed by atoms with E-state index in [0.29, 0.717) is 5.82 Å². The summed E-state index contributed by atoms with van der Waals surface area (Å²) in [5.41, 5.74) is 10.9. The molecule has 0 saturated heterocycles. The van der Waals surface area contributed by atoms with Crippen molar-refractivity contribution in [3.63, 3.8) is 0 Å². The van der Waals surface area contributed by atoms with E-state index in [-0.39, 0.29) is 6.04 Å². The summed E-state index contributed by atoms with van der Waals surface area (Å²) in [6.45, 7) is 1.78. The zero-order chi connectivity index (χ0) is 16.4. The molecule has 0 fully saturated rings. The number of pyridine rings is 1. The van der Waals surface area contributed by atoms with Gasteiger partial charge in [0.15, 0.2) is 0 Å². The second-order valence-corrected chi connectivity index (χ2v) is 6.24. The van der Waals surface area contributed by atoms with Crippen molar-refractivity contribution < 1.29 is 0 Å². The lowest BCUT2D eigenvalue weighted by molar-refractivity contribution is 0.171. The predicted molar refractivity (Wildman–Crippen MR) is 94.2 cm³/mol. The molecule has 24 heavy (non-hydrogen) atoms. The van der Waals surface area contributed by atoms with Crippen LogP contribution in [0.15, 0.2) is 55.0 Å². The van der Waals surface area contributed by atoms with Crippen molar-refractivity contribution in [3.05, 3.63) is 77.5 Å². The van der Waals surface area contributed by atoms with Crippen molar-refractivity contribution in [2.45, 2.75) is 25.4 Å². The molecule has 0 spiro atoms. The number of imidazole rings is 1. The molecule has 0 aliphatic carbocycles. The molecule has 5 nitrogen and oxygen atoms in total. The minimum atomic E-state index is 0.252. The van der Waals surface area contributed by atoms with Gasteiger partial charge in [-0.3, -0.25) is 4.90 Å². The molecule has 4 rings (SSSR count). The van der Waals surface area contributed by atoms with Gasteiger partial charge in [-0.15, -0.1) is 0 Å². The molecule has 1 atom stereocenters. The Morgan fingerprint density at radius 3 is 2.83 bits per heavy atom. The molecule has 5 heteroatoms. The Bertz CT molecular complexity index is 811. The fourth-order valence-electron chi connectivity index (χ4n) is 3.46. The number of nitrogens with one attached hydrogen (secondary N) is 1. The molecular formula is C19H21N5. The Morgan fingerprint density at radius 2 is 2.00 bits per heavy atom. The van der Waals surface area contributed by atoms with Crippen LogP contribution >= 0.6 is 0 Å². The molecule has 3 heterocycles. The molecule has 1 aliphatic rings. The van der Waals surface area contributed by atoms with Crippen LogP contribution in [-0.4, -0.2) is 26.4 Å². The summed E-state index contributed by atoms with van der Waals surface area (Å²) in [6, 6.07) is 14.8. The molecule has 0 unspecified atom stereocenters. The minimum Gasteiger partial charge on any atom is -0.383 e. The minimum absolute atomic E-state index is 0.252. The van der Waals surface area contributed by atoms with Crippen LogP contribution in [0.4, 0.5) is 5.82 Å². The number of aromatic nitrogens is 3. The van der Waals surface area contributed by atoms with E-state index in [9.17, 15) is 0 Å². The lowest BCUT2D eigenvalue weighted by Gasteiger charge is -2.35. The monoisotopic (exact) mass is 319 g/mol. The second kappa shape index (κ2) is 6.45. The van der Waals surface area contributed by atoms with Crippen LogP contribution in [0.5, 0.6) is 0 Å². The second-order valence-electron chi connectivity index (χ2n) is 6.24. The number of nitrogen functional groups attached to an aromatic ring is 1. The highest BCUT2D eigenvalue weighted by atomic mass is 15.2. The zero-order valence-corrected chi connectivity index (χ0v) is 13.5. The van der Waals surface area contributed by atoms with Gasteiger partial charge in [0.1, 0.15) is 5.82 Å². The van der Waals surface area contributed by atoms with Crippen LogP contribution in [0, 0.1) is 0 Å². The summed E-state index contributed by atoms with van der Waals surface area (Å²) in [6.07, 6.45) is 5.48. The van der Waals surface area contributed by atoms with Crippen molar-refractivity contribution in [3.8, 4) is 0 Å². The number of rotatable bonds is 4. The number of nitrogens with zero attached hydrogens (tertiary/aromatic N) is 3. The number of aromatic amines is 1. The number of hydrogen-bond acceptors (Lipinski definition) is 4. The number of nitrogens with two attached hydrogens (primary N) is 1. The lowest BCUT2D eigenvalue weighted by atomic mass is 9.95. The van der Waals surface area contributed by atoms with E-state index in [4.69, 9.17) is 5.73 Å². The highest BCUT2D eigenvalue weighted by Gasteiger charge is 2.30. The molecule has 3 N–H and O–H groups in total. The first-order valence-electron chi connectivity index (χ1n) is 8.31. The average molecular weight is 319 g/mol. The van der Waals surface area contributed by atoms with E-state index >= 15 is 0 Å². The van der Waals surface area contributed by atoms with Crippen molar-refractivity contribution in [1.82, 2.24) is 19.9 Å². The van der Waals surface area contributed by atoms with Gasteiger partial charge >= 0.3 is 0 Å². The topological polar surface area (TPSA) is 70.8 Å². The first kappa shape index (κ1) is 14.9. The Kier molecular flexibility index (Phi) is 4.01. The number of anilines is 1. The van der Waals surface area contributed by atoms with Crippen molar-refractivity contribution in [2.75, 3.05) is 12.3 Å². The molecule has 2 aromatic heterocycles. The van der Waals surface area contributed by atoms with Gasteiger partial charge in [0.25, 0.3) is 0 Å². The Morgan fingerprint density at radius 1 is 1.12 bits per heavy atom. The summed E-state index contributed by atoms with van der Waals surface area (Å²) in [5, 5.41) is 0. The van der Waals surface area contributed by atoms with Crippen LogP contribution < -0.4 is 5.73 Å². The van der Waals surface area contributed by atoms with Gasteiger partial charge in [-0.2, -0.15) is 0 Å². The van der Waals surface area contributed by atoms with Gasteiger partial charge in [0, 0.05) is 37.0 Å². The van der Waals surface area contributed by atoms with Crippen LogP contribution in [0.2, 0.25) is 0 Å². The number of hydrogen-bond donors (Lipinski definition) is 2. The Labute approximate surface area is 141 Å². The van der Waals surface area contributed by atoms with E-state index in [1.54, 1.807) is 6.20 Å². The summed E-state index contributed by atoms with van der Waals surface area (Å²) in [5.74, 6) is 0.615. The van der Waals surface area contributed by atoms with Gasteiger partial charge < -0.3 is 10.7 Å². The van der Waals surface area contributed by atoms with Gasteiger partial charge in [-0.1, -0.05) is 36.4 Å². The van der Waals surface area contributed by atoms with E-state index in [0.717, 1.165) is 37.2 Å². The summed E-state index contributed by atoms with van der Waals surface area (Å²) < 4.78 is 0. The first-order chi connectivity index (χ1) is 11.8. The van der Waals surface area contributed by atoms with Gasteiger partial charge in [0.05, 0.1) is 18.1 Å². The van der Waals surface area contributed by atoms with Crippen molar-refractivity contribution >= 4 is 5.82 Å². The molecule has 0 radical (unpaired) electrons. The third-order valence-electron chi connectivity index (χ3n) is 4.73. The fourth-order valence-corrected chi connectivity index (χ4v) is 3.46. The normalized spacial score (nSPS) is 17.6. The van der Waals surface area contributed by atoms with Crippen molar-refractivity contribution in [2.24, 2.45) is 0 Å². The van der Waals surface area contributed by atoms with Gasteiger partial charge in [0.2, 0.25) is 0 Å². The maximum atomic E-state index is 6.05. The first-order valence-corrected chi connectivity index (χ1v) is 8.31. The molecule has 1 aliphatic heterocycles. The number of H-pyrrole nitrogens is 1.